The molecule has 0 saturated heterocycles. The lowest BCUT2D eigenvalue weighted by molar-refractivity contribution is 0.0715. The van der Waals surface area contributed by atoms with Crippen molar-refractivity contribution in [2.45, 2.75) is 0 Å². The van der Waals surface area contributed by atoms with Crippen LogP contribution >= 0.6 is 15.9 Å². The van der Waals surface area contributed by atoms with Crippen LogP contribution in [0.5, 0.6) is 0 Å². The lowest BCUT2D eigenvalue weighted by Gasteiger charge is -1.94. The summed E-state index contributed by atoms with van der Waals surface area (Å²) in [5.41, 5.74) is 1.53. The maximum atomic E-state index is 11.3. The fourth-order valence-electron chi connectivity index (χ4n) is 1.31. The van der Waals surface area contributed by atoms with Gasteiger partial charge in [-0.25, -0.2) is 4.79 Å². The topological polar surface area (TPSA) is 26.3 Å². The van der Waals surface area contributed by atoms with Crippen molar-refractivity contribution in [2.24, 2.45) is 0 Å². The first-order chi connectivity index (χ1) is 6.33. The van der Waals surface area contributed by atoms with Crippen molar-refractivity contribution in [3.63, 3.8) is 0 Å². The van der Waals surface area contributed by atoms with Crippen molar-refractivity contribution in [2.75, 3.05) is 5.33 Å². The Labute approximate surface area is 84.3 Å². The normalized spacial score (nSPS) is 17.3. The summed E-state index contributed by atoms with van der Waals surface area (Å²) in [6, 6.07) is 7.38. The third-order valence-electron chi connectivity index (χ3n) is 1.88. The molecule has 0 unspecified atom stereocenters. The van der Waals surface area contributed by atoms with Crippen molar-refractivity contribution >= 4 is 27.7 Å². The van der Waals surface area contributed by atoms with Crippen LogP contribution in [-0.2, 0) is 4.74 Å². The van der Waals surface area contributed by atoms with Crippen LogP contribution in [0.4, 0.5) is 0 Å². The minimum absolute atomic E-state index is 0.261. The van der Waals surface area contributed by atoms with Gasteiger partial charge in [0.2, 0.25) is 0 Å². The summed E-state index contributed by atoms with van der Waals surface area (Å²) in [4.78, 5) is 11.3. The number of esters is 1. The van der Waals surface area contributed by atoms with Gasteiger partial charge in [-0.15, -0.1) is 0 Å². The third-order valence-corrected chi connectivity index (χ3v) is 2.20. The molecule has 0 amide bonds. The predicted molar refractivity (Wildman–Crippen MR) is 53.6 cm³/mol. The van der Waals surface area contributed by atoms with E-state index in [4.69, 9.17) is 4.74 Å². The fraction of sp³-hybridized carbons (Fsp3) is 0.100. The van der Waals surface area contributed by atoms with Crippen LogP contribution < -0.4 is 0 Å². The van der Waals surface area contributed by atoms with Gasteiger partial charge in [0.25, 0.3) is 0 Å². The molecule has 0 N–H and O–H groups in total. The molecule has 1 aromatic rings. The second kappa shape index (κ2) is 3.34. The molecule has 0 radical (unpaired) electrons. The zero-order chi connectivity index (χ0) is 9.26. The Kier molecular flexibility index (Phi) is 2.19. The van der Waals surface area contributed by atoms with Gasteiger partial charge >= 0.3 is 5.97 Å². The van der Waals surface area contributed by atoms with E-state index in [2.05, 4.69) is 15.9 Å². The van der Waals surface area contributed by atoms with Crippen LogP contribution in [-0.4, -0.2) is 11.3 Å². The van der Waals surface area contributed by atoms with Gasteiger partial charge in [0.05, 0.1) is 5.56 Å². The van der Waals surface area contributed by atoms with E-state index in [1.165, 1.54) is 0 Å². The Balaban J connectivity index is 2.53. The second-order valence-corrected chi connectivity index (χ2v) is 3.31. The highest BCUT2D eigenvalue weighted by Crippen LogP contribution is 2.29. The van der Waals surface area contributed by atoms with Crippen LogP contribution in [0, 0.1) is 0 Å². The number of carbonyl (C=O) groups excluding carboxylic acids is 1. The molecule has 3 heteroatoms. The average molecular weight is 239 g/mol. The molecule has 1 aliphatic rings. The molecule has 0 atom stereocenters. The molecule has 2 nitrogen and oxygen atoms in total. The van der Waals surface area contributed by atoms with Crippen molar-refractivity contribution in [3.8, 4) is 0 Å². The molecule has 2 rings (SSSR count). The number of rotatable bonds is 1. The van der Waals surface area contributed by atoms with Gasteiger partial charge in [0.1, 0.15) is 5.76 Å². The Bertz CT molecular complexity index is 382. The number of benzene rings is 1. The van der Waals surface area contributed by atoms with Gasteiger partial charge < -0.3 is 4.74 Å². The first-order valence-corrected chi connectivity index (χ1v) is 5.03. The molecule has 1 heterocycles. The summed E-state index contributed by atoms with van der Waals surface area (Å²) >= 11 is 3.26. The maximum Gasteiger partial charge on any atom is 0.344 e. The smallest absolute Gasteiger partial charge is 0.344 e. The number of carbonyl (C=O) groups is 1. The number of alkyl halides is 1. The van der Waals surface area contributed by atoms with E-state index in [1.807, 2.05) is 24.3 Å². The van der Waals surface area contributed by atoms with E-state index < -0.39 is 0 Å². The number of hydrogen-bond acceptors (Lipinski definition) is 2. The number of cyclic esters (lactones) is 1. The van der Waals surface area contributed by atoms with Crippen molar-refractivity contribution in [3.05, 3.63) is 41.5 Å². The molecule has 0 bridgehead atoms. The zero-order valence-electron chi connectivity index (χ0n) is 6.79. The molecule has 66 valence electrons. The molecular weight excluding hydrogens is 232 g/mol. The molecule has 13 heavy (non-hydrogen) atoms. The van der Waals surface area contributed by atoms with Gasteiger partial charge in [-0.3, -0.25) is 0 Å². The molecule has 0 saturated carbocycles. The standard InChI is InChI=1S/C10H7BrO2/c11-6-5-9-7-3-1-2-4-8(7)10(12)13-9/h1-5H,6H2/b9-5+. The van der Waals surface area contributed by atoms with E-state index >= 15 is 0 Å². The summed E-state index contributed by atoms with van der Waals surface area (Å²) in [7, 11) is 0. The van der Waals surface area contributed by atoms with Gasteiger partial charge in [-0.05, 0) is 12.1 Å². The van der Waals surface area contributed by atoms with Crippen LogP contribution in [0.2, 0.25) is 0 Å². The van der Waals surface area contributed by atoms with E-state index in [0.717, 1.165) is 5.56 Å². The third kappa shape index (κ3) is 1.40. The van der Waals surface area contributed by atoms with E-state index in [9.17, 15) is 4.79 Å². The lowest BCUT2D eigenvalue weighted by Crippen LogP contribution is -1.92. The van der Waals surface area contributed by atoms with Crippen LogP contribution in [0.1, 0.15) is 15.9 Å². The SMILES string of the molecule is O=C1O/C(=C/CBr)c2ccccc21. The number of allylic oxidation sites excluding steroid dienone is 1. The van der Waals surface area contributed by atoms with Crippen LogP contribution in [0.3, 0.4) is 0 Å². The Hall–Kier alpha value is -1.09. The molecular formula is C10H7BrO2. The van der Waals surface area contributed by atoms with E-state index in [-0.39, 0.29) is 5.97 Å². The highest BCUT2D eigenvalue weighted by molar-refractivity contribution is 9.09. The minimum atomic E-state index is -0.261. The predicted octanol–water partition coefficient (Wildman–Crippen LogP) is 2.59. The highest BCUT2D eigenvalue weighted by Gasteiger charge is 2.24. The Morgan fingerprint density at radius 3 is 2.69 bits per heavy atom. The molecule has 1 aliphatic heterocycles. The highest BCUT2D eigenvalue weighted by atomic mass is 79.9. The van der Waals surface area contributed by atoms with Gasteiger partial charge in [0.15, 0.2) is 0 Å². The first-order valence-electron chi connectivity index (χ1n) is 3.90. The molecule has 0 spiro atoms. The molecule has 1 aromatic carbocycles. The maximum absolute atomic E-state index is 11.3. The summed E-state index contributed by atoms with van der Waals surface area (Å²) < 4.78 is 5.06. The molecule has 0 aliphatic carbocycles. The van der Waals surface area contributed by atoms with E-state index in [0.29, 0.717) is 16.7 Å². The van der Waals surface area contributed by atoms with Crippen molar-refractivity contribution < 1.29 is 9.53 Å². The molecule has 0 aromatic heterocycles. The first kappa shape index (κ1) is 8.51. The van der Waals surface area contributed by atoms with Gasteiger partial charge in [-0.2, -0.15) is 0 Å². The van der Waals surface area contributed by atoms with Crippen molar-refractivity contribution in [1.82, 2.24) is 0 Å². The zero-order valence-corrected chi connectivity index (χ0v) is 8.37. The number of fused-ring (bicyclic) bond motifs is 1. The van der Waals surface area contributed by atoms with Gasteiger partial charge in [-0.1, -0.05) is 34.1 Å². The quantitative estimate of drug-likeness (QED) is 0.556. The average Bonchev–Trinajstić information content (AvgIpc) is 2.46. The largest absolute Gasteiger partial charge is 0.423 e. The summed E-state index contributed by atoms with van der Waals surface area (Å²) in [6.07, 6.45) is 1.84. The minimum Gasteiger partial charge on any atom is -0.423 e. The van der Waals surface area contributed by atoms with Crippen LogP contribution in [0.25, 0.3) is 5.76 Å². The van der Waals surface area contributed by atoms with E-state index in [1.54, 1.807) is 6.07 Å². The summed E-state index contributed by atoms with van der Waals surface area (Å²) in [5, 5.41) is 0.684. The molecule has 0 fully saturated rings. The number of halogens is 1. The van der Waals surface area contributed by atoms with Crippen molar-refractivity contribution in [1.29, 1.82) is 0 Å². The Morgan fingerprint density at radius 2 is 2.00 bits per heavy atom. The number of ether oxygens (including phenoxy) is 1. The fourth-order valence-corrected chi connectivity index (χ4v) is 1.60. The monoisotopic (exact) mass is 238 g/mol. The summed E-state index contributed by atoms with van der Waals surface area (Å²) in [6.45, 7) is 0. The summed E-state index contributed by atoms with van der Waals surface area (Å²) in [5.74, 6) is 0.389. The second-order valence-electron chi connectivity index (χ2n) is 2.66. The lowest BCUT2D eigenvalue weighted by atomic mass is 10.1. The van der Waals surface area contributed by atoms with Crippen LogP contribution in [0.15, 0.2) is 30.3 Å². The van der Waals surface area contributed by atoms with Gasteiger partial charge in [0, 0.05) is 10.9 Å². The Morgan fingerprint density at radius 1 is 1.31 bits per heavy atom. The number of hydrogen-bond donors (Lipinski definition) is 0.